The highest BCUT2D eigenvalue weighted by atomic mass is 19.1. The van der Waals surface area contributed by atoms with Crippen LogP contribution in [-0.4, -0.2) is 13.0 Å². The molecule has 0 radical (unpaired) electrons. The van der Waals surface area contributed by atoms with Gasteiger partial charge in [-0.15, -0.1) is 0 Å². The van der Waals surface area contributed by atoms with E-state index in [-0.39, 0.29) is 11.5 Å². The highest BCUT2D eigenvalue weighted by Gasteiger charge is 2.12. The lowest BCUT2D eigenvalue weighted by Crippen LogP contribution is -2.14. The Hall–Kier alpha value is -2.87. The van der Waals surface area contributed by atoms with Crippen LogP contribution in [0, 0.1) is 24.1 Å². The van der Waals surface area contributed by atoms with E-state index in [0.717, 1.165) is 11.6 Å². The first-order valence-corrected chi connectivity index (χ1v) is 6.34. The fraction of sp³-hybridized carbons (Fsp3) is 0.125. The van der Waals surface area contributed by atoms with Gasteiger partial charge in [0.2, 0.25) is 0 Å². The van der Waals surface area contributed by atoms with Gasteiger partial charge in [0.15, 0.2) is 0 Å². The van der Waals surface area contributed by atoms with Crippen molar-refractivity contribution in [1.82, 2.24) is 0 Å². The zero-order chi connectivity index (χ0) is 15.4. The second kappa shape index (κ2) is 6.06. The first-order valence-electron chi connectivity index (χ1n) is 6.34. The molecule has 1 amide bonds. The van der Waals surface area contributed by atoms with Gasteiger partial charge in [-0.3, -0.25) is 4.79 Å². The van der Waals surface area contributed by atoms with Crippen molar-refractivity contribution in [2.75, 3.05) is 17.7 Å². The molecular formula is C16H14FN3O. The fourth-order valence-corrected chi connectivity index (χ4v) is 1.95. The predicted molar refractivity (Wildman–Crippen MR) is 79.8 cm³/mol. The third-order valence-corrected chi connectivity index (χ3v) is 3.03. The van der Waals surface area contributed by atoms with E-state index in [4.69, 9.17) is 5.26 Å². The molecule has 0 saturated heterocycles. The number of hydrogen-bond donors (Lipinski definition) is 2. The van der Waals surface area contributed by atoms with E-state index in [0.29, 0.717) is 16.9 Å². The first kappa shape index (κ1) is 14.5. The predicted octanol–water partition coefficient (Wildman–Crippen LogP) is 3.30. The van der Waals surface area contributed by atoms with Gasteiger partial charge in [0.25, 0.3) is 5.91 Å². The quantitative estimate of drug-likeness (QED) is 0.908. The molecular weight excluding hydrogens is 269 g/mol. The topological polar surface area (TPSA) is 64.9 Å². The summed E-state index contributed by atoms with van der Waals surface area (Å²) in [7, 11) is 1.73. The Morgan fingerprint density at radius 1 is 1.24 bits per heavy atom. The lowest BCUT2D eigenvalue weighted by Gasteiger charge is -2.11. The minimum atomic E-state index is -0.609. The number of benzene rings is 2. The number of nitrogens with zero attached hydrogens (tertiary/aromatic N) is 1. The Kier molecular flexibility index (Phi) is 4.19. The average Bonchev–Trinajstić information content (AvgIpc) is 2.48. The van der Waals surface area contributed by atoms with Crippen LogP contribution in [0.15, 0.2) is 36.4 Å². The van der Waals surface area contributed by atoms with Crippen molar-refractivity contribution in [3.05, 3.63) is 58.9 Å². The van der Waals surface area contributed by atoms with Crippen molar-refractivity contribution in [2.24, 2.45) is 0 Å². The largest absolute Gasteiger partial charge is 0.387 e. The van der Waals surface area contributed by atoms with Crippen molar-refractivity contribution in [3.63, 3.8) is 0 Å². The monoisotopic (exact) mass is 283 g/mol. The van der Waals surface area contributed by atoms with Gasteiger partial charge >= 0.3 is 0 Å². The van der Waals surface area contributed by atoms with Gasteiger partial charge in [0.05, 0.1) is 11.1 Å². The highest BCUT2D eigenvalue weighted by molar-refractivity contribution is 6.08. The summed E-state index contributed by atoms with van der Waals surface area (Å²) in [5, 5.41) is 14.4. The van der Waals surface area contributed by atoms with Crippen LogP contribution in [0.5, 0.6) is 0 Å². The normalized spacial score (nSPS) is 9.81. The van der Waals surface area contributed by atoms with Crippen molar-refractivity contribution < 1.29 is 9.18 Å². The molecule has 0 aliphatic rings. The molecule has 5 heteroatoms. The molecule has 2 rings (SSSR count). The molecule has 21 heavy (non-hydrogen) atoms. The van der Waals surface area contributed by atoms with Crippen LogP contribution < -0.4 is 10.6 Å². The summed E-state index contributed by atoms with van der Waals surface area (Å²) >= 11 is 0. The lowest BCUT2D eigenvalue weighted by molar-refractivity contribution is 0.102. The molecule has 2 N–H and O–H groups in total. The van der Waals surface area contributed by atoms with E-state index >= 15 is 0 Å². The second-order valence-electron chi connectivity index (χ2n) is 4.56. The smallest absolute Gasteiger partial charge is 0.257 e. The number of carbonyl (C=O) groups is 1. The standard InChI is InChI=1S/C16H14FN3O/c1-10-3-5-13(15(7-10)19-2)16(21)20-12-4-6-14(17)11(8-12)9-18/h3-8,19H,1-2H3,(H,20,21). The van der Waals surface area contributed by atoms with Crippen molar-refractivity contribution >= 4 is 17.3 Å². The van der Waals surface area contributed by atoms with Gasteiger partial charge in [0.1, 0.15) is 11.9 Å². The van der Waals surface area contributed by atoms with E-state index in [1.165, 1.54) is 12.1 Å². The Balaban J connectivity index is 2.28. The molecule has 0 unspecified atom stereocenters. The maximum atomic E-state index is 13.2. The fourth-order valence-electron chi connectivity index (χ4n) is 1.95. The number of anilines is 2. The Morgan fingerprint density at radius 2 is 2.00 bits per heavy atom. The zero-order valence-corrected chi connectivity index (χ0v) is 11.7. The molecule has 4 nitrogen and oxygen atoms in total. The zero-order valence-electron chi connectivity index (χ0n) is 11.7. The maximum Gasteiger partial charge on any atom is 0.257 e. The van der Waals surface area contributed by atoms with Gasteiger partial charge in [-0.1, -0.05) is 6.07 Å². The van der Waals surface area contributed by atoms with E-state index < -0.39 is 5.82 Å². The third-order valence-electron chi connectivity index (χ3n) is 3.03. The summed E-state index contributed by atoms with van der Waals surface area (Å²) in [5.74, 6) is -0.934. The molecule has 0 aromatic heterocycles. The first-order chi connectivity index (χ1) is 10.0. The summed E-state index contributed by atoms with van der Waals surface area (Å²) in [6.07, 6.45) is 0. The van der Waals surface area contributed by atoms with Gasteiger partial charge in [0, 0.05) is 18.4 Å². The van der Waals surface area contributed by atoms with Gasteiger partial charge in [-0.25, -0.2) is 4.39 Å². The van der Waals surface area contributed by atoms with Crippen LogP contribution in [0.4, 0.5) is 15.8 Å². The third kappa shape index (κ3) is 3.18. The summed E-state index contributed by atoms with van der Waals surface area (Å²) in [4.78, 5) is 12.3. The van der Waals surface area contributed by atoms with Gasteiger partial charge in [-0.2, -0.15) is 5.26 Å². The number of amides is 1. The SMILES string of the molecule is CNc1cc(C)ccc1C(=O)Nc1ccc(F)c(C#N)c1. The van der Waals surface area contributed by atoms with Crippen LogP contribution in [0.1, 0.15) is 21.5 Å². The number of hydrogen-bond acceptors (Lipinski definition) is 3. The molecule has 2 aromatic rings. The van der Waals surface area contributed by atoms with Crippen molar-refractivity contribution in [3.8, 4) is 6.07 Å². The molecule has 0 bridgehead atoms. The number of carbonyl (C=O) groups excluding carboxylic acids is 1. The van der Waals surface area contributed by atoms with E-state index in [1.54, 1.807) is 19.2 Å². The molecule has 0 aliphatic carbocycles. The van der Waals surface area contributed by atoms with Gasteiger partial charge < -0.3 is 10.6 Å². The minimum absolute atomic E-state index is 0.106. The summed E-state index contributed by atoms with van der Waals surface area (Å²) in [6, 6.07) is 11.0. The van der Waals surface area contributed by atoms with E-state index in [9.17, 15) is 9.18 Å². The number of nitriles is 1. The molecule has 2 aromatic carbocycles. The van der Waals surface area contributed by atoms with Crippen LogP contribution >= 0.6 is 0 Å². The second-order valence-corrected chi connectivity index (χ2v) is 4.56. The van der Waals surface area contributed by atoms with Crippen LogP contribution in [0.3, 0.4) is 0 Å². The van der Waals surface area contributed by atoms with Crippen LogP contribution in [0.2, 0.25) is 0 Å². The van der Waals surface area contributed by atoms with E-state index in [2.05, 4.69) is 10.6 Å². The lowest BCUT2D eigenvalue weighted by atomic mass is 10.1. The van der Waals surface area contributed by atoms with Crippen molar-refractivity contribution in [1.29, 1.82) is 5.26 Å². The summed E-state index contributed by atoms with van der Waals surface area (Å²) < 4.78 is 13.2. The van der Waals surface area contributed by atoms with E-state index in [1.807, 2.05) is 19.1 Å². The number of halogens is 1. The average molecular weight is 283 g/mol. The Morgan fingerprint density at radius 3 is 2.67 bits per heavy atom. The van der Waals surface area contributed by atoms with Crippen LogP contribution in [0.25, 0.3) is 0 Å². The molecule has 0 aliphatic heterocycles. The van der Waals surface area contributed by atoms with Crippen molar-refractivity contribution in [2.45, 2.75) is 6.92 Å². The molecule has 0 heterocycles. The number of nitrogens with one attached hydrogen (secondary N) is 2. The molecule has 0 fully saturated rings. The number of aryl methyl sites for hydroxylation is 1. The summed E-state index contributed by atoms with van der Waals surface area (Å²) in [5.41, 5.74) is 2.48. The Labute approximate surface area is 122 Å². The van der Waals surface area contributed by atoms with Crippen LogP contribution in [-0.2, 0) is 0 Å². The highest BCUT2D eigenvalue weighted by Crippen LogP contribution is 2.20. The molecule has 106 valence electrons. The summed E-state index contributed by atoms with van der Waals surface area (Å²) in [6.45, 7) is 1.93. The maximum absolute atomic E-state index is 13.2. The molecule has 0 spiro atoms. The molecule has 0 saturated carbocycles. The molecule has 0 atom stereocenters. The minimum Gasteiger partial charge on any atom is -0.387 e. The van der Waals surface area contributed by atoms with Gasteiger partial charge in [-0.05, 0) is 42.8 Å². The Bertz CT molecular complexity index is 735. The number of rotatable bonds is 3.